The number of benzene rings is 3. The molecule has 0 amide bonds. The summed E-state index contributed by atoms with van der Waals surface area (Å²) in [5.74, 6) is -0.765. The van der Waals surface area contributed by atoms with E-state index in [0.29, 0.717) is 28.1 Å². The maximum atomic E-state index is 14.6. The number of carbonyl (C=O) groups is 1. The van der Waals surface area contributed by atoms with Gasteiger partial charge in [0.2, 0.25) is 0 Å². The van der Waals surface area contributed by atoms with Crippen LogP contribution < -0.4 is 16.2 Å². The predicted molar refractivity (Wildman–Crippen MR) is 130 cm³/mol. The van der Waals surface area contributed by atoms with Crippen LogP contribution in [-0.2, 0) is 28.7 Å². The summed E-state index contributed by atoms with van der Waals surface area (Å²) in [6, 6.07) is 15.4. The Balaban J connectivity index is 1.52. The van der Waals surface area contributed by atoms with Crippen molar-refractivity contribution in [1.82, 2.24) is 0 Å². The molecule has 0 radical (unpaired) electrons. The molecule has 0 aliphatic heterocycles. The first kappa shape index (κ1) is 27.5. The molecule has 10 heteroatoms. The minimum atomic E-state index is -4.23. The van der Waals surface area contributed by atoms with Crippen molar-refractivity contribution in [2.75, 3.05) is 11.5 Å². The molecule has 4 N–H and O–H groups in total. The highest BCUT2D eigenvalue weighted by Gasteiger charge is 2.34. The van der Waals surface area contributed by atoms with Gasteiger partial charge in [-0.25, -0.2) is 4.79 Å². The quantitative estimate of drug-likeness (QED) is 0.136. The molecule has 0 unspecified atom stereocenters. The molecular weight excluding hydrogens is 495 g/mol. The Morgan fingerprint density at radius 3 is 2.05 bits per heavy atom. The highest BCUT2D eigenvalue weighted by Crippen LogP contribution is 2.32. The number of alkyl halides is 5. The second-order valence-electron chi connectivity index (χ2n) is 8.30. The number of halogens is 5. The summed E-state index contributed by atoms with van der Waals surface area (Å²) in [5, 5.41) is 0. The summed E-state index contributed by atoms with van der Waals surface area (Å²) in [5.41, 5.74) is 13.6. The fourth-order valence-corrected chi connectivity index (χ4v) is 3.41. The van der Waals surface area contributed by atoms with Gasteiger partial charge in [0.15, 0.2) is 0 Å². The smallest absolute Gasteiger partial charge is 0.426 e. The van der Waals surface area contributed by atoms with E-state index in [4.69, 9.17) is 20.9 Å². The van der Waals surface area contributed by atoms with Crippen molar-refractivity contribution in [3.63, 3.8) is 0 Å². The molecule has 0 fully saturated rings. The van der Waals surface area contributed by atoms with Crippen molar-refractivity contribution in [2.45, 2.75) is 38.2 Å². The predicted octanol–water partition coefficient (Wildman–Crippen LogP) is 6.62. The van der Waals surface area contributed by atoms with Crippen molar-refractivity contribution in [1.29, 1.82) is 0 Å². The lowest BCUT2D eigenvalue weighted by atomic mass is 10.1. The number of rotatable bonds is 10. The summed E-state index contributed by atoms with van der Waals surface area (Å²) in [4.78, 5) is 12.0. The number of carbonyl (C=O) groups excluding carboxylic acids is 1. The van der Waals surface area contributed by atoms with Crippen LogP contribution in [0.3, 0.4) is 0 Å². The molecule has 0 saturated carbocycles. The number of nitrogen functional groups attached to an aromatic ring is 2. The number of nitrogens with two attached hydrogens (primary N) is 2. The summed E-state index contributed by atoms with van der Waals surface area (Å²) < 4.78 is 75.8. The average Bonchev–Trinajstić information content (AvgIpc) is 2.81. The van der Waals surface area contributed by atoms with Crippen LogP contribution in [-0.4, -0.2) is 12.1 Å². The molecule has 3 aromatic rings. The van der Waals surface area contributed by atoms with Crippen LogP contribution in [0.4, 0.5) is 33.3 Å². The Morgan fingerprint density at radius 1 is 0.838 bits per heavy atom. The van der Waals surface area contributed by atoms with Gasteiger partial charge in [0, 0.05) is 23.9 Å². The first-order valence-corrected chi connectivity index (χ1v) is 11.2. The number of anilines is 2. The van der Waals surface area contributed by atoms with Gasteiger partial charge in [0.1, 0.15) is 12.4 Å². The summed E-state index contributed by atoms with van der Waals surface area (Å²) in [6.07, 6.45) is -6.13. The van der Waals surface area contributed by atoms with Crippen molar-refractivity contribution >= 4 is 23.4 Å². The highest BCUT2D eigenvalue weighted by molar-refractivity contribution is 5.87. The third kappa shape index (κ3) is 9.14. The first-order valence-electron chi connectivity index (χ1n) is 11.2. The van der Waals surface area contributed by atoms with Crippen LogP contribution in [0.1, 0.15) is 35.1 Å². The number of hydrogen-bond donors (Lipinski definition) is 2. The minimum absolute atomic E-state index is 0.0323. The molecule has 37 heavy (non-hydrogen) atoms. The zero-order valence-electron chi connectivity index (χ0n) is 19.6. The van der Waals surface area contributed by atoms with E-state index in [0.717, 1.165) is 18.2 Å². The number of esters is 1. The topological polar surface area (TPSA) is 87.6 Å². The lowest BCUT2D eigenvalue weighted by Gasteiger charge is -2.18. The third-order valence-corrected chi connectivity index (χ3v) is 5.17. The van der Waals surface area contributed by atoms with Crippen molar-refractivity contribution in [3.8, 4) is 5.75 Å². The SMILES string of the molecule is Nc1cc(N)cc(COC(=O)/C=C/c2ccc(C(F)(F)Oc3ccc(CCCC(F)(F)F)cc3)cc2)c1. The van der Waals surface area contributed by atoms with Gasteiger partial charge in [-0.3, -0.25) is 0 Å². The number of aryl methyl sites for hydroxylation is 1. The molecular formula is C27H25F5N2O3. The van der Waals surface area contributed by atoms with E-state index in [9.17, 15) is 26.7 Å². The average molecular weight is 520 g/mol. The van der Waals surface area contributed by atoms with Crippen LogP contribution in [0.2, 0.25) is 0 Å². The third-order valence-electron chi connectivity index (χ3n) is 5.17. The van der Waals surface area contributed by atoms with Crippen LogP contribution in [0.5, 0.6) is 5.75 Å². The molecule has 0 aromatic heterocycles. The summed E-state index contributed by atoms with van der Waals surface area (Å²) in [7, 11) is 0. The number of hydrogen-bond acceptors (Lipinski definition) is 5. The molecule has 0 bridgehead atoms. The van der Waals surface area contributed by atoms with Gasteiger partial charge in [-0.2, -0.15) is 22.0 Å². The van der Waals surface area contributed by atoms with E-state index in [1.165, 1.54) is 42.5 Å². The van der Waals surface area contributed by atoms with E-state index >= 15 is 0 Å². The Bertz CT molecular complexity index is 1200. The fourth-order valence-electron chi connectivity index (χ4n) is 3.41. The van der Waals surface area contributed by atoms with Gasteiger partial charge in [-0.1, -0.05) is 24.3 Å². The second-order valence-corrected chi connectivity index (χ2v) is 8.30. The van der Waals surface area contributed by atoms with Crippen LogP contribution in [0.15, 0.2) is 72.8 Å². The van der Waals surface area contributed by atoms with E-state index in [1.807, 2.05) is 0 Å². The molecule has 0 aliphatic carbocycles. The van der Waals surface area contributed by atoms with Crippen molar-refractivity contribution in [3.05, 3.63) is 95.1 Å². The second kappa shape index (κ2) is 11.8. The standard InChI is InChI=1S/C27H25F5N2O3/c28-26(29,30)13-1-2-18-5-10-24(11-6-18)37-27(31,32)21-8-3-19(4-9-21)7-12-25(35)36-17-20-14-22(33)16-23(34)15-20/h3-12,14-16H,1-2,13,17,33-34H2/b12-7+. The van der Waals surface area contributed by atoms with Crippen LogP contribution in [0, 0.1) is 0 Å². The normalized spacial score (nSPS) is 12.0. The van der Waals surface area contributed by atoms with Gasteiger partial charge < -0.3 is 20.9 Å². The van der Waals surface area contributed by atoms with Crippen LogP contribution >= 0.6 is 0 Å². The van der Waals surface area contributed by atoms with E-state index < -0.39 is 30.2 Å². The summed E-state index contributed by atoms with van der Waals surface area (Å²) >= 11 is 0. The highest BCUT2D eigenvalue weighted by atomic mass is 19.4. The number of ether oxygens (including phenoxy) is 2. The molecule has 0 atom stereocenters. The maximum absolute atomic E-state index is 14.6. The monoisotopic (exact) mass is 520 g/mol. The minimum Gasteiger partial charge on any atom is -0.458 e. The zero-order chi connectivity index (χ0) is 27.1. The summed E-state index contributed by atoms with van der Waals surface area (Å²) in [6.45, 7) is -0.0323. The molecule has 0 aliphatic rings. The Labute approximate surface area is 210 Å². The maximum Gasteiger partial charge on any atom is 0.426 e. The van der Waals surface area contributed by atoms with Gasteiger partial charge in [0.05, 0.1) is 5.56 Å². The van der Waals surface area contributed by atoms with Gasteiger partial charge in [-0.05, 0) is 78.1 Å². The lowest BCUT2D eigenvalue weighted by Crippen LogP contribution is -2.21. The first-order chi connectivity index (χ1) is 17.4. The van der Waals surface area contributed by atoms with Gasteiger partial charge in [-0.15, -0.1) is 0 Å². The molecule has 5 nitrogen and oxygen atoms in total. The van der Waals surface area contributed by atoms with Crippen molar-refractivity contribution in [2.24, 2.45) is 0 Å². The molecule has 0 saturated heterocycles. The molecule has 0 heterocycles. The Hall–Kier alpha value is -4.08. The zero-order valence-corrected chi connectivity index (χ0v) is 19.6. The fraction of sp³-hybridized carbons (Fsp3) is 0.222. The van der Waals surface area contributed by atoms with E-state index in [-0.39, 0.29) is 25.2 Å². The van der Waals surface area contributed by atoms with E-state index in [2.05, 4.69) is 0 Å². The van der Waals surface area contributed by atoms with Crippen molar-refractivity contribution < 1.29 is 36.2 Å². The largest absolute Gasteiger partial charge is 0.458 e. The molecule has 0 spiro atoms. The lowest BCUT2D eigenvalue weighted by molar-refractivity contribution is -0.185. The molecule has 3 rings (SSSR count). The van der Waals surface area contributed by atoms with Gasteiger partial charge in [0.25, 0.3) is 0 Å². The van der Waals surface area contributed by atoms with Gasteiger partial charge >= 0.3 is 18.3 Å². The molecule has 3 aromatic carbocycles. The van der Waals surface area contributed by atoms with E-state index in [1.54, 1.807) is 18.2 Å². The molecule has 196 valence electrons. The van der Waals surface area contributed by atoms with Crippen LogP contribution in [0.25, 0.3) is 6.08 Å². The Kier molecular flexibility index (Phi) is 8.75. The Morgan fingerprint density at radius 2 is 1.46 bits per heavy atom.